The Morgan fingerprint density at radius 3 is 2.33 bits per heavy atom. The van der Waals surface area contributed by atoms with Crippen molar-refractivity contribution in [2.45, 2.75) is 51.3 Å². The van der Waals surface area contributed by atoms with Crippen molar-refractivity contribution in [1.82, 2.24) is 15.5 Å². The van der Waals surface area contributed by atoms with Gasteiger partial charge in [0, 0.05) is 12.1 Å². The van der Waals surface area contributed by atoms with E-state index in [0.29, 0.717) is 12.1 Å². The number of alkyl halides is 3. The summed E-state index contributed by atoms with van der Waals surface area (Å²) in [6.45, 7) is 11.2. The number of hydrogen-bond donors (Lipinski definition) is 2. The van der Waals surface area contributed by atoms with Crippen molar-refractivity contribution < 1.29 is 32.0 Å². The molecule has 0 amide bonds. The highest BCUT2D eigenvalue weighted by Crippen LogP contribution is 2.37. The molecule has 11 heteroatoms. The van der Waals surface area contributed by atoms with E-state index in [1.165, 1.54) is 24.3 Å². The standard InChI is InChI=1S/C19H28F3N3O4Si/c1-18(2,3)30(4,5)27-12-15(23-10-11-26)17-24-16(25-29-17)13-6-8-14(9-7-13)28-19(20,21)22/h6-9,15,23,26H,10-12H2,1-5H3/t15-/m0/s1. The summed E-state index contributed by atoms with van der Waals surface area (Å²) in [5, 5.41) is 16.2. The summed E-state index contributed by atoms with van der Waals surface area (Å²) in [4.78, 5) is 4.35. The molecule has 0 unspecified atom stereocenters. The minimum absolute atomic E-state index is 0.0226. The van der Waals surface area contributed by atoms with Crippen molar-refractivity contribution in [1.29, 1.82) is 0 Å². The smallest absolute Gasteiger partial charge is 0.415 e. The zero-order valence-corrected chi connectivity index (χ0v) is 18.7. The molecule has 0 fully saturated rings. The largest absolute Gasteiger partial charge is 0.573 e. The molecule has 1 atom stereocenters. The molecular formula is C19H28F3N3O4Si. The third-order valence-electron chi connectivity index (χ3n) is 5.01. The van der Waals surface area contributed by atoms with Gasteiger partial charge in [-0.05, 0) is 42.4 Å². The number of benzene rings is 1. The normalized spacial score (nSPS) is 14.0. The van der Waals surface area contributed by atoms with Crippen LogP contribution in [-0.4, -0.2) is 49.7 Å². The average molecular weight is 448 g/mol. The Kier molecular flexibility index (Phi) is 7.67. The van der Waals surface area contributed by atoms with Gasteiger partial charge in [-0.1, -0.05) is 25.9 Å². The van der Waals surface area contributed by atoms with E-state index in [0.717, 1.165) is 0 Å². The number of aliphatic hydroxyl groups is 1. The van der Waals surface area contributed by atoms with Crippen LogP contribution in [0.3, 0.4) is 0 Å². The van der Waals surface area contributed by atoms with Crippen molar-refractivity contribution >= 4 is 8.32 Å². The zero-order chi connectivity index (χ0) is 22.6. The van der Waals surface area contributed by atoms with E-state index in [1.807, 2.05) is 0 Å². The lowest BCUT2D eigenvalue weighted by Crippen LogP contribution is -2.43. The fraction of sp³-hybridized carbons (Fsp3) is 0.579. The lowest BCUT2D eigenvalue weighted by molar-refractivity contribution is -0.274. The van der Waals surface area contributed by atoms with Gasteiger partial charge in [0.25, 0.3) is 0 Å². The Morgan fingerprint density at radius 2 is 1.80 bits per heavy atom. The van der Waals surface area contributed by atoms with E-state index in [1.54, 1.807) is 0 Å². The number of ether oxygens (including phenoxy) is 1. The third kappa shape index (κ3) is 6.79. The van der Waals surface area contributed by atoms with E-state index >= 15 is 0 Å². The molecule has 7 nitrogen and oxygen atoms in total. The van der Waals surface area contributed by atoms with Crippen LogP contribution in [0.15, 0.2) is 28.8 Å². The fourth-order valence-corrected chi connectivity index (χ4v) is 3.28. The molecule has 2 aromatic rings. The molecule has 0 saturated heterocycles. The Morgan fingerprint density at radius 1 is 1.17 bits per heavy atom. The van der Waals surface area contributed by atoms with Gasteiger partial charge in [0.1, 0.15) is 11.8 Å². The number of nitrogens with one attached hydrogen (secondary N) is 1. The van der Waals surface area contributed by atoms with Crippen molar-refractivity contribution in [3.63, 3.8) is 0 Å². The minimum Gasteiger partial charge on any atom is -0.415 e. The number of nitrogens with zero attached hydrogens (tertiary/aromatic N) is 2. The van der Waals surface area contributed by atoms with Gasteiger partial charge in [0.15, 0.2) is 8.32 Å². The van der Waals surface area contributed by atoms with Crippen molar-refractivity contribution in [2.75, 3.05) is 19.8 Å². The molecule has 2 rings (SSSR count). The lowest BCUT2D eigenvalue weighted by atomic mass is 10.2. The topological polar surface area (TPSA) is 89.6 Å². The van der Waals surface area contributed by atoms with E-state index in [2.05, 4.69) is 54.1 Å². The van der Waals surface area contributed by atoms with E-state index < -0.39 is 20.7 Å². The van der Waals surface area contributed by atoms with Crippen LogP contribution < -0.4 is 10.1 Å². The van der Waals surface area contributed by atoms with Gasteiger partial charge in [-0.15, -0.1) is 13.2 Å². The summed E-state index contributed by atoms with van der Waals surface area (Å²) < 4.78 is 52.3. The number of rotatable bonds is 9. The van der Waals surface area contributed by atoms with Gasteiger partial charge < -0.3 is 24.1 Å². The molecule has 0 aliphatic heterocycles. The number of aliphatic hydroxyl groups excluding tert-OH is 1. The van der Waals surface area contributed by atoms with E-state index in [9.17, 15) is 13.2 Å². The monoisotopic (exact) mass is 447 g/mol. The molecular weight excluding hydrogens is 419 g/mol. The van der Waals surface area contributed by atoms with Gasteiger partial charge in [0.05, 0.1) is 13.2 Å². The second kappa shape index (κ2) is 9.46. The van der Waals surface area contributed by atoms with E-state index in [4.69, 9.17) is 14.1 Å². The van der Waals surface area contributed by atoms with Crippen LogP contribution in [0.2, 0.25) is 18.1 Å². The van der Waals surface area contributed by atoms with Crippen molar-refractivity contribution in [3.05, 3.63) is 30.2 Å². The molecule has 0 saturated carbocycles. The predicted molar refractivity (Wildman–Crippen MR) is 107 cm³/mol. The SMILES string of the molecule is CC(C)(C)[Si](C)(C)OC[C@H](NCCO)c1nc(-c2ccc(OC(F)(F)F)cc2)no1. The molecule has 0 radical (unpaired) electrons. The molecule has 0 aliphatic carbocycles. The summed E-state index contributed by atoms with van der Waals surface area (Å²) in [5.41, 5.74) is 0.478. The molecule has 0 aliphatic rings. The Balaban J connectivity index is 2.14. The van der Waals surface area contributed by atoms with Crippen LogP contribution in [0, 0.1) is 0 Å². The van der Waals surface area contributed by atoms with Crippen LogP contribution in [0.25, 0.3) is 11.4 Å². The predicted octanol–water partition coefficient (Wildman–Crippen LogP) is 4.28. The molecule has 0 bridgehead atoms. The first kappa shape index (κ1) is 24.3. The van der Waals surface area contributed by atoms with Gasteiger partial charge in [-0.25, -0.2) is 0 Å². The maximum Gasteiger partial charge on any atom is 0.573 e. The highest BCUT2D eigenvalue weighted by Gasteiger charge is 2.38. The van der Waals surface area contributed by atoms with Gasteiger partial charge in [-0.3, -0.25) is 0 Å². The van der Waals surface area contributed by atoms with Gasteiger partial charge in [-0.2, -0.15) is 4.98 Å². The average Bonchev–Trinajstić information content (AvgIpc) is 3.10. The molecule has 1 aromatic carbocycles. The Bertz CT molecular complexity index is 805. The highest BCUT2D eigenvalue weighted by atomic mass is 28.4. The molecule has 1 heterocycles. The van der Waals surface area contributed by atoms with Crippen LogP contribution in [-0.2, 0) is 4.43 Å². The number of aromatic nitrogens is 2. The Hall–Kier alpha value is -1.95. The first-order valence-electron chi connectivity index (χ1n) is 9.50. The maximum atomic E-state index is 12.3. The highest BCUT2D eigenvalue weighted by molar-refractivity contribution is 6.74. The summed E-state index contributed by atoms with van der Waals surface area (Å²) >= 11 is 0. The first-order chi connectivity index (χ1) is 13.8. The van der Waals surface area contributed by atoms with Crippen molar-refractivity contribution in [2.24, 2.45) is 0 Å². The second-order valence-corrected chi connectivity index (χ2v) is 13.1. The summed E-state index contributed by atoms with van der Waals surface area (Å²) in [7, 11) is -2.02. The Labute approximate surface area is 174 Å². The summed E-state index contributed by atoms with van der Waals surface area (Å²) in [5.74, 6) is 0.166. The quantitative estimate of drug-likeness (QED) is 0.555. The van der Waals surface area contributed by atoms with Crippen LogP contribution in [0.5, 0.6) is 5.75 Å². The van der Waals surface area contributed by atoms with Crippen LogP contribution >= 0.6 is 0 Å². The molecule has 0 spiro atoms. The summed E-state index contributed by atoms with van der Waals surface area (Å²) in [6, 6.07) is 4.76. The maximum absolute atomic E-state index is 12.3. The third-order valence-corrected chi connectivity index (χ3v) is 9.51. The molecule has 2 N–H and O–H groups in total. The fourth-order valence-electron chi connectivity index (χ4n) is 2.26. The van der Waals surface area contributed by atoms with Crippen LogP contribution in [0.1, 0.15) is 32.7 Å². The lowest BCUT2D eigenvalue weighted by Gasteiger charge is -2.37. The van der Waals surface area contributed by atoms with E-state index in [-0.39, 0.29) is 35.7 Å². The molecule has 30 heavy (non-hydrogen) atoms. The second-order valence-electron chi connectivity index (χ2n) is 8.33. The van der Waals surface area contributed by atoms with Gasteiger partial charge >= 0.3 is 6.36 Å². The van der Waals surface area contributed by atoms with Crippen molar-refractivity contribution in [3.8, 4) is 17.1 Å². The minimum atomic E-state index is -4.75. The van der Waals surface area contributed by atoms with Crippen LogP contribution in [0.4, 0.5) is 13.2 Å². The molecule has 1 aromatic heterocycles. The first-order valence-corrected chi connectivity index (χ1v) is 12.4. The number of hydrogen-bond acceptors (Lipinski definition) is 7. The molecule has 168 valence electrons. The van der Waals surface area contributed by atoms with Gasteiger partial charge in [0.2, 0.25) is 11.7 Å². The summed E-state index contributed by atoms with van der Waals surface area (Å²) in [6.07, 6.45) is -4.75. The number of halogens is 3. The zero-order valence-electron chi connectivity index (χ0n) is 17.7.